The van der Waals surface area contributed by atoms with Crippen molar-refractivity contribution in [3.63, 3.8) is 0 Å². The number of hydrogen-bond acceptors (Lipinski definition) is 5. The van der Waals surface area contributed by atoms with Gasteiger partial charge in [-0.15, -0.1) is 0 Å². The number of aromatic hydroxyl groups is 1. The fourth-order valence-electron chi connectivity index (χ4n) is 1.55. The normalized spacial score (nSPS) is 12.6. The molecule has 5 heteroatoms. The van der Waals surface area contributed by atoms with Crippen LogP contribution in [0.2, 0.25) is 0 Å². The lowest BCUT2D eigenvalue weighted by molar-refractivity contribution is 0.181. The van der Waals surface area contributed by atoms with E-state index in [9.17, 15) is 10.2 Å². The van der Waals surface area contributed by atoms with Gasteiger partial charge in [0, 0.05) is 6.42 Å². The average molecular weight is 234 g/mol. The molecule has 0 aliphatic heterocycles. The molecule has 2 aromatic rings. The minimum absolute atomic E-state index is 0.218. The molecule has 0 saturated heterocycles. The quantitative estimate of drug-likeness (QED) is 0.833. The van der Waals surface area contributed by atoms with Crippen molar-refractivity contribution in [2.45, 2.75) is 25.9 Å². The molecule has 0 radical (unpaired) electrons. The van der Waals surface area contributed by atoms with Crippen LogP contribution in [0.1, 0.15) is 24.2 Å². The molecule has 0 fully saturated rings. The SMILES string of the molecule is CC(O)Cc1nc(Cc2cccc(O)c2)no1. The molecule has 17 heavy (non-hydrogen) atoms. The van der Waals surface area contributed by atoms with Crippen molar-refractivity contribution in [3.05, 3.63) is 41.5 Å². The van der Waals surface area contributed by atoms with Gasteiger partial charge in [0.2, 0.25) is 5.89 Å². The lowest BCUT2D eigenvalue weighted by Gasteiger charge is -1.97. The molecule has 1 aromatic carbocycles. The lowest BCUT2D eigenvalue weighted by Crippen LogP contribution is -2.04. The number of phenolic OH excluding ortho intramolecular Hbond substituents is 1. The highest BCUT2D eigenvalue weighted by Crippen LogP contribution is 2.14. The smallest absolute Gasteiger partial charge is 0.229 e. The summed E-state index contributed by atoms with van der Waals surface area (Å²) < 4.78 is 4.99. The zero-order valence-electron chi connectivity index (χ0n) is 9.50. The molecule has 0 bridgehead atoms. The maximum Gasteiger partial charge on any atom is 0.229 e. The fraction of sp³-hybridized carbons (Fsp3) is 0.333. The molecule has 2 N–H and O–H groups in total. The third kappa shape index (κ3) is 3.29. The highest BCUT2D eigenvalue weighted by molar-refractivity contribution is 5.28. The zero-order chi connectivity index (χ0) is 12.3. The highest BCUT2D eigenvalue weighted by Gasteiger charge is 2.09. The summed E-state index contributed by atoms with van der Waals surface area (Å²) in [5, 5.41) is 22.3. The van der Waals surface area contributed by atoms with E-state index in [4.69, 9.17) is 4.52 Å². The summed E-state index contributed by atoms with van der Waals surface area (Å²) in [5.74, 6) is 1.19. The van der Waals surface area contributed by atoms with Gasteiger partial charge in [0.15, 0.2) is 5.82 Å². The van der Waals surface area contributed by atoms with Gasteiger partial charge in [0.25, 0.3) is 0 Å². The monoisotopic (exact) mass is 234 g/mol. The number of phenols is 1. The summed E-state index contributed by atoms with van der Waals surface area (Å²) in [4.78, 5) is 4.16. The van der Waals surface area contributed by atoms with Crippen LogP contribution in [0.25, 0.3) is 0 Å². The first-order valence-corrected chi connectivity index (χ1v) is 5.41. The zero-order valence-corrected chi connectivity index (χ0v) is 9.50. The maximum atomic E-state index is 9.32. The molecule has 1 heterocycles. The summed E-state index contributed by atoms with van der Waals surface area (Å²) in [6.07, 6.45) is 0.356. The van der Waals surface area contributed by atoms with Gasteiger partial charge in [0.05, 0.1) is 12.5 Å². The van der Waals surface area contributed by atoms with E-state index in [1.54, 1.807) is 25.1 Å². The van der Waals surface area contributed by atoms with Gasteiger partial charge in [-0.3, -0.25) is 0 Å². The summed E-state index contributed by atoms with van der Waals surface area (Å²) in [5.41, 5.74) is 0.911. The maximum absolute atomic E-state index is 9.32. The number of rotatable bonds is 4. The molecule has 0 aliphatic carbocycles. The van der Waals surface area contributed by atoms with E-state index in [1.165, 1.54) is 0 Å². The second-order valence-corrected chi connectivity index (χ2v) is 4.00. The van der Waals surface area contributed by atoms with Gasteiger partial charge in [-0.1, -0.05) is 17.3 Å². The van der Waals surface area contributed by atoms with Crippen LogP contribution >= 0.6 is 0 Å². The van der Waals surface area contributed by atoms with Crippen molar-refractivity contribution in [3.8, 4) is 5.75 Å². The molecule has 1 aromatic heterocycles. The summed E-state index contributed by atoms with van der Waals surface area (Å²) in [6.45, 7) is 1.67. The van der Waals surface area contributed by atoms with Gasteiger partial charge in [-0.25, -0.2) is 0 Å². The number of aliphatic hydroxyl groups excluding tert-OH is 1. The first-order valence-electron chi connectivity index (χ1n) is 5.41. The van der Waals surface area contributed by atoms with Crippen molar-refractivity contribution < 1.29 is 14.7 Å². The Morgan fingerprint density at radius 1 is 1.41 bits per heavy atom. The lowest BCUT2D eigenvalue weighted by atomic mass is 10.1. The molecule has 1 atom stereocenters. The van der Waals surface area contributed by atoms with E-state index in [1.807, 2.05) is 6.07 Å². The van der Waals surface area contributed by atoms with Gasteiger partial charge in [0.1, 0.15) is 5.75 Å². The van der Waals surface area contributed by atoms with Crippen LogP contribution < -0.4 is 0 Å². The predicted molar refractivity (Wildman–Crippen MR) is 60.6 cm³/mol. The van der Waals surface area contributed by atoms with Gasteiger partial charge in [-0.05, 0) is 24.6 Å². The highest BCUT2D eigenvalue weighted by atomic mass is 16.5. The Morgan fingerprint density at radius 3 is 2.94 bits per heavy atom. The van der Waals surface area contributed by atoms with Crippen molar-refractivity contribution >= 4 is 0 Å². The molecule has 0 spiro atoms. The third-order valence-corrected chi connectivity index (χ3v) is 2.25. The van der Waals surface area contributed by atoms with Crippen LogP contribution in [0.15, 0.2) is 28.8 Å². The molecular formula is C12H14N2O3. The Labute approximate surface area is 98.7 Å². The van der Waals surface area contributed by atoms with Crippen LogP contribution in [0.3, 0.4) is 0 Å². The van der Waals surface area contributed by atoms with Crippen LogP contribution in [0.5, 0.6) is 5.75 Å². The van der Waals surface area contributed by atoms with Gasteiger partial charge in [-0.2, -0.15) is 4.98 Å². The first kappa shape index (κ1) is 11.6. The van der Waals surface area contributed by atoms with Crippen LogP contribution in [-0.2, 0) is 12.8 Å². The Balaban J connectivity index is 2.06. The number of benzene rings is 1. The summed E-state index contributed by atoms with van der Waals surface area (Å²) in [7, 11) is 0. The molecule has 0 amide bonds. The summed E-state index contributed by atoms with van der Waals surface area (Å²) in [6, 6.07) is 6.91. The van der Waals surface area contributed by atoms with E-state index >= 15 is 0 Å². The van der Waals surface area contributed by atoms with Crippen LogP contribution in [0, 0.1) is 0 Å². The minimum Gasteiger partial charge on any atom is -0.508 e. The van der Waals surface area contributed by atoms with Crippen LogP contribution in [-0.4, -0.2) is 26.5 Å². The Kier molecular flexibility index (Phi) is 3.39. The number of hydrogen-bond donors (Lipinski definition) is 2. The van der Waals surface area contributed by atoms with Gasteiger partial charge < -0.3 is 14.7 Å². The van der Waals surface area contributed by atoms with E-state index in [2.05, 4.69) is 10.1 Å². The fourth-order valence-corrected chi connectivity index (χ4v) is 1.55. The standard InChI is InChI=1S/C12H14N2O3/c1-8(15)5-12-13-11(14-17-12)7-9-3-2-4-10(16)6-9/h2-4,6,8,15-16H,5,7H2,1H3. The molecule has 0 saturated carbocycles. The second kappa shape index (κ2) is 4.97. The molecule has 90 valence electrons. The molecule has 1 unspecified atom stereocenters. The predicted octanol–water partition coefficient (Wildman–Crippen LogP) is 1.29. The number of aromatic nitrogens is 2. The van der Waals surface area contributed by atoms with E-state index < -0.39 is 6.10 Å². The largest absolute Gasteiger partial charge is 0.508 e. The van der Waals surface area contributed by atoms with E-state index in [0.29, 0.717) is 24.6 Å². The Bertz CT molecular complexity index is 494. The van der Waals surface area contributed by atoms with Crippen molar-refractivity contribution in [2.75, 3.05) is 0 Å². The average Bonchev–Trinajstić information content (AvgIpc) is 2.64. The van der Waals surface area contributed by atoms with Crippen molar-refractivity contribution in [2.24, 2.45) is 0 Å². The van der Waals surface area contributed by atoms with E-state index in [0.717, 1.165) is 5.56 Å². The topological polar surface area (TPSA) is 79.4 Å². The van der Waals surface area contributed by atoms with E-state index in [-0.39, 0.29) is 5.75 Å². The van der Waals surface area contributed by atoms with Crippen molar-refractivity contribution in [1.82, 2.24) is 10.1 Å². The Morgan fingerprint density at radius 2 is 2.24 bits per heavy atom. The first-order chi connectivity index (χ1) is 8.13. The third-order valence-electron chi connectivity index (χ3n) is 2.25. The molecule has 0 aliphatic rings. The minimum atomic E-state index is -0.496. The molecular weight excluding hydrogens is 220 g/mol. The number of aliphatic hydroxyl groups is 1. The van der Waals surface area contributed by atoms with Crippen LogP contribution in [0.4, 0.5) is 0 Å². The number of nitrogens with zero attached hydrogens (tertiary/aromatic N) is 2. The second-order valence-electron chi connectivity index (χ2n) is 4.00. The van der Waals surface area contributed by atoms with Gasteiger partial charge >= 0.3 is 0 Å². The summed E-state index contributed by atoms with van der Waals surface area (Å²) >= 11 is 0. The molecule has 2 rings (SSSR count). The Hall–Kier alpha value is -1.88. The van der Waals surface area contributed by atoms with Crippen molar-refractivity contribution in [1.29, 1.82) is 0 Å². The molecule has 5 nitrogen and oxygen atoms in total.